The van der Waals surface area contributed by atoms with Crippen LogP contribution in [0.5, 0.6) is 0 Å². The molecule has 0 bridgehead atoms. The number of aromatic nitrogens is 1. The van der Waals surface area contributed by atoms with E-state index in [0.717, 1.165) is 38.1 Å². The molecular weight excluding hydrogens is 283 g/mol. The topological polar surface area (TPSA) is 39.6 Å². The number of alkyl halides is 3. The number of β-amino-alcohol motifs (C(OH)–C–C–N with tert-alkyl or cyclic N) is 1. The Morgan fingerprint density at radius 3 is 2.57 bits per heavy atom. The van der Waals surface area contributed by atoms with Crippen LogP contribution >= 0.6 is 0 Å². The molecule has 1 N–H and O–H groups in total. The van der Waals surface area contributed by atoms with Gasteiger partial charge in [-0.3, -0.25) is 4.90 Å². The highest BCUT2D eigenvalue weighted by Crippen LogP contribution is 2.32. The lowest BCUT2D eigenvalue weighted by molar-refractivity contribution is -0.137. The molecule has 0 radical (unpaired) electrons. The fraction of sp³-hybridized carbons (Fsp3) is 0.643. The number of hydrogen-bond acceptors (Lipinski definition) is 4. The van der Waals surface area contributed by atoms with Gasteiger partial charge in [-0.1, -0.05) is 0 Å². The fourth-order valence-electron chi connectivity index (χ4n) is 3.16. The minimum absolute atomic E-state index is 0.0103. The first-order valence-corrected chi connectivity index (χ1v) is 7.15. The second-order valence-corrected chi connectivity index (χ2v) is 5.68. The van der Waals surface area contributed by atoms with E-state index in [1.807, 2.05) is 0 Å². The zero-order valence-corrected chi connectivity index (χ0v) is 11.6. The quantitative estimate of drug-likeness (QED) is 0.903. The Balaban J connectivity index is 1.76. The maximum absolute atomic E-state index is 12.7. The smallest absolute Gasteiger partial charge is 0.390 e. The lowest BCUT2D eigenvalue weighted by atomic mass is 10.2. The molecule has 2 atom stereocenters. The van der Waals surface area contributed by atoms with E-state index in [4.69, 9.17) is 0 Å². The van der Waals surface area contributed by atoms with Gasteiger partial charge in [0.15, 0.2) is 0 Å². The fourth-order valence-corrected chi connectivity index (χ4v) is 3.16. The van der Waals surface area contributed by atoms with E-state index in [0.29, 0.717) is 13.1 Å². The molecule has 116 valence electrons. The first-order valence-electron chi connectivity index (χ1n) is 7.15. The highest BCUT2D eigenvalue weighted by molar-refractivity contribution is 5.44. The van der Waals surface area contributed by atoms with Gasteiger partial charge in [0.25, 0.3) is 0 Å². The number of aliphatic hydroxyl groups excluding tert-OH is 1. The molecule has 1 aromatic rings. The van der Waals surface area contributed by atoms with E-state index in [1.165, 1.54) is 6.20 Å². The minimum atomic E-state index is -4.37. The Kier molecular flexibility index (Phi) is 3.79. The van der Waals surface area contributed by atoms with Crippen molar-refractivity contribution in [2.24, 2.45) is 0 Å². The number of rotatable bonds is 2. The van der Waals surface area contributed by atoms with Gasteiger partial charge in [0.05, 0.1) is 17.7 Å². The van der Waals surface area contributed by atoms with E-state index >= 15 is 0 Å². The van der Waals surface area contributed by atoms with E-state index in [9.17, 15) is 18.3 Å². The third-order valence-corrected chi connectivity index (χ3v) is 4.27. The van der Waals surface area contributed by atoms with Crippen LogP contribution in [0.25, 0.3) is 0 Å². The zero-order chi connectivity index (χ0) is 15.0. The highest BCUT2D eigenvalue weighted by Gasteiger charge is 2.38. The van der Waals surface area contributed by atoms with E-state index < -0.39 is 17.8 Å². The number of nitrogens with zero attached hydrogens (tertiary/aromatic N) is 3. The van der Waals surface area contributed by atoms with Crippen molar-refractivity contribution in [1.29, 1.82) is 0 Å². The van der Waals surface area contributed by atoms with Crippen molar-refractivity contribution >= 4 is 5.82 Å². The molecule has 0 saturated carbocycles. The zero-order valence-electron chi connectivity index (χ0n) is 11.6. The van der Waals surface area contributed by atoms with Crippen LogP contribution in [0.4, 0.5) is 19.0 Å². The van der Waals surface area contributed by atoms with Gasteiger partial charge in [-0.25, -0.2) is 4.98 Å². The van der Waals surface area contributed by atoms with Gasteiger partial charge in [-0.2, -0.15) is 13.2 Å². The Labute approximate surface area is 121 Å². The van der Waals surface area contributed by atoms with Crippen molar-refractivity contribution < 1.29 is 18.3 Å². The van der Waals surface area contributed by atoms with Gasteiger partial charge < -0.3 is 10.0 Å². The molecule has 3 rings (SSSR count). The van der Waals surface area contributed by atoms with E-state index in [-0.39, 0.29) is 11.9 Å². The Morgan fingerprint density at radius 2 is 1.90 bits per heavy atom. The van der Waals surface area contributed by atoms with Gasteiger partial charge in [-0.15, -0.1) is 0 Å². The number of likely N-dealkylation sites (tertiary alicyclic amines) is 1. The standard InChI is InChI=1S/C14H18F3N3O/c15-14(16,17)10-3-4-18-13(7-10)20-8-11(12(21)9-20)19-5-1-2-6-19/h3-4,7,11-12,21H,1-2,5-6,8-9H2/t11-,12-/m0/s1. The van der Waals surface area contributed by atoms with Gasteiger partial charge in [0, 0.05) is 19.3 Å². The van der Waals surface area contributed by atoms with Crippen molar-refractivity contribution in [2.75, 3.05) is 31.1 Å². The van der Waals surface area contributed by atoms with Crippen molar-refractivity contribution in [1.82, 2.24) is 9.88 Å². The number of aliphatic hydroxyl groups is 1. The second kappa shape index (κ2) is 5.46. The van der Waals surface area contributed by atoms with Crippen LogP contribution in [0, 0.1) is 0 Å². The van der Waals surface area contributed by atoms with E-state index in [1.54, 1.807) is 4.90 Å². The molecule has 4 nitrogen and oxygen atoms in total. The Bertz CT molecular complexity index is 502. The monoisotopic (exact) mass is 301 g/mol. The van der Waals surface area contributed by atoms with Crippen LogP contribution in [-0.2, 0) is 6.18 Å². The number of halogens is 3. The molecule has 2 fully saturated rings. The molecule has 0 unspecified atom stereocenters. The molecule has 2 aliphatic rings. The third-order valence-electron chi connectivity index (χ3n) is 4.27. The van der Waals surface area contributed by atoms with Crippen LogP contribution in [0.3, 0.4) is 0 Å². The van der Waals surface area contributed by atoms with Gasteiger partial charge in [-0.05, 0) is 38.1 Å². The lowest BCUT2D eigenvalue weighted by Gasteiger charge is -2.25. The maximum Gasteiger partial charge on any atom is 0.416 e. The van der Waals surface area contributed by atoms with Crippen LogP contribution < -0.4 is 4.90 Å². The minimum Gasteiger partial charge on any atom is -0.390 e. The molecule has 0 aromatic carbocycles. The molecular formula is C14H18F3N3O. The van der Waals surface area contributed by atoms with Crippen LogP contribution in [0.2, 0.25) is 0 Å². The molecule has 3 heterocycles. The molecule has 0 spiro atoms. The SMILES string of the molecule is O[C@H]1CN(c2cc(C(F)(F)F)ccn2)C[C@@H]1N1CCCC1. The molecule has 0 amide bonds. The third kappa shape index (κ3) is 2.98. The van der Waals surface area contributed by atoms with Gasteiger partial charge in [0.1, 0.15) is 5.82 Å². The number of pyridine rings is 1. The summed E-state index contributed by atoms with van der Waals surface area (Å²) < 4.78 is 38.2. The maximum atomic E-state index is 12.7. The van der Waals surface area contributed by atoms with Crippen LogP contribution in [-0.4, -0.2) is 53.3 Å². The average molecular weight is 301 g/mol. The summed E-state index contributed by atoms with van der Waals surface area (Å²) in [6.45, 7) is 2.75. The summed E-state index contributed by atoms with van der Waals surface area (Å²) in [6, 6.07) is 2.01. The largest absolute Gasteiger partial charge is 0.416 e. The molecule has 2 saturated heterocycles. The summed E-state index contributed by atoms with van der Waals surface area (Å²) in [6.07, 6.45) is -1.51. The predicted octanol–water partition coefficient (Wildman–Crippen LogP) is 1.75. The molecule has 2 aliphatic heterocycles. The summed E-state index contributed by atoms with van der Waals surface area (Å²) in [7, 11) is 0. The van der Waals surface area contributed by atoms with Crippen LogP contribution in [0.15, 0.2) is 18.3 Å². The lowest BCUT2D eigenvalue weighted by Crippen LogP contribution is -2.41. The normalized spacial score (nSPS) is 27.5. The molecule has 1 aromatic heterocycles. The number of hydrogen-bond donors (Lipinski definition) is 1. The first-order chi connectivity index (χ1) is 9.95. The summed E-state index contributed by atoms with van der Waals surface area (Å²) in [4.78, 5) is 7.99. The highest BCUT2D eigenvalue weighted by atomic mass is 19.4. The van der Waals surface area contributed by atoms with Gasteiger partial charge in [0.2, 0.25) is 0 Å². The second-order valence-electron chi connectivity index (χ2n) is 5.68. The van der Waals surface area contributed by atoms with Crippen molar-refractivity contribution in [3.05, 3.63) is 23.9 Å². The summed E-state index contributed by atoms with van der Waals surface area (Å²) in [5, 5.41) is 10.2. The summed E-state index contributed by atoms with van der Waals surface area (Å²) >= 11 is 0. The Hall–Kier alpha value is -1.34. The first kappa shape index (κ1) is 14.6. The molecule has 7 heteroatoms. The molecule has 0 aliphatic carbocycles. The van der Waals surface area contributed by atoms with Crippen molar-refractivity contribution in [3.8, 4) is 0 Å². The predicted molar refractivity (Wildman–Crippen MR) is 72.1 cm³/mol. The van der Waals surface area contributed by atoms with Crippen LogP contribution in [0.1, 0.15) is 18.4 Å². The van der Waals surface area contributed by atoms with Gasteiger partial charge >= 0.3 is 6.18 Å². The summed E-state index contributed by atoms with van der Waals surface area (Å²) in [5.41, 5.74) is -0.702. The average Bonchev–Trinajstić information content (AvgIpc) is 3.07. The summed E-state index contributed by atoms with van der Waals surface area (Å²) in [5.74, 6) is 0.283. The molecule has 21 heavy (non-hydrogen) atoms. The van der Waals surface area contributed by atoms with Crippen molar-refractivity contribution in [2.45, 2.75) is 31.2 Å². The van der Waals surface area contributed by atoms with E-state index in [2.05, 4.69) is 9.88 Å². The Morgan fingerprint density at radius 1 is 1.19 bits per heavy atom. The van der Waals surface area contributed by atoms with Crippen molar-refractivity contribution in [3.63, 3.8) is 0 Å². The number of anilines is 1.